The Labute approximate surface area is 128 Å². The van der Waals surface area contributed by atoms with Gasteiger partial charge in [0.15, 0.2) is 0 Å². The Morgan fingerprint density at radius 2 is 1.90 bits per heavy atom. The summed E-state index contributed by atoms with van der Waals surface area (Å²) in [5.41, 5.74) is -0.617. The molecule has 2 fully saturated rings. The number of piperazine rings is 1. The Hall–Kier alpha value is -1.10. The van der Waals surface area contributed by atoms with Gasteiger partial charge in [0.2, 0.25) is 11.8 Å². The first-order chi connectivity index (χ1) is 9.87. The Balaban J connectivity index is 2.17. The van der Waals surface area contributed by atoms with E-state index < -0.39 is 5.54 Å². The zero-order valence-corrected chi connectivity index (χ0v) is 13.8. The molecule has 1 aliphatic heterocycles. The van der Waals surface area contributed by atoms with Crippen LogP contribution in [0, 0.1) is 0 Å². The normalized spacial score (nSPS) is 27.1. The lowest BCUT2D eigenvalue weighted by atomic mass is 9.78. The number of amides is 2. The summed E-state index contributed by atoms with van der Waals surface area (Å²) in [6.07, 6.45) is 5.70. The van der Waals surface area contributed by atoms with Crippen LogP contribution in [0.25, 0.3) is 0 Å². The highest BCUT2D eigenvalue weighted by atomic mass is 16.2. The molecule has 0 aromatic carbocycles. The van der Waals surface area contributed by atoms with Gasteiger partial charge in [-0.1, -0.05) is 19.3 Å². The van der Waals surface area contributed by atoms with Gasteiger partial charge in [-0.3, -0.25) is 9.59 Å². The largest absolute Gasteiger partial charge is 0.340 e. The van der Waals surface area contributed by atoms with E-state index in [-0.39, 0.29) is 23.9 Å². The van der Waals surface area contributed by atoms with Gasteiger partial charge in [0, 0.05) is 6.04 Å². The minimum atomic E-state index is -0.617. The standard InChI is InChI=1S/C16H29N3O2/c1-12(8-11-18(3)4)19-13(2)14(20)17-16(15(19)21)9-6-5-7-10-16/h12-13H,5-11H2,1-4H3,(H,17,20). The summed E-state index contributed by atoms with van der Waals surface area (Å²) in [5.74, 6) is 0.147. The third-order valence-corrected chi connectivity index (χ3v) is 4.98. The molecule has 1 saturated heterocycles. The van der Waals surface area contributed by atoms with Gasteiger partial charge < -0.3 is 15.1 Å². The first-order valence-electron chi connectivity index (χ1n) is 8.17. The van der Waals surface area contributed by atoms with Gasteiger partial charge in [0.1, 0.15) is 11.6 Å². The van der Waals surface area contributed by atoms with E-state index in [1.807, 2.05) is 25.9 Å². The zero-order chi connectivity index (χ0) is 15.6. The minimum absolute atomic E-state index is 0.00760. The first kappa shape index (κ1) is 16.3. The van der Waals surface area contributed by atoms with Crippen molar-refractivity contribution in [2.45, 2.75) is 70.0 Å². The molecule has 0 aromatic heterocycles. The molecule has 1 spiro atoms. The average Bonchev–Trinajstić information content (AvgIpc) is 2.44. The Morgan fingerprint density at radius 3 is 2.48 bits per heavy atom. The fraction of sp³-hybridized carbons (Fsp3) is 0.875. The van der Waals surface area contributed by atoms with Gasteiger partial charge in [-0.05, 0) is 53.8 Å². The fourth-order valence-corrected chi connectivity index (χ4v) is 3.60. The molecule has 1 aliphatic carbocycles. The van der Waals surface area contributed by atoms with Crippen molar-refractivity contribution in [1.29, 1.82) is 0 Å². The second-order valence-corrected chi connectivity index (χ2v) is 6.96. The highest BCUT2D eigenvalue weighted by molar-refractivity contribution is 5.99. The molecule has 2 amide bonds. The lowest BCUT2D eigenvalue weighted by molar-refractivity contribution is -0.158. The number of hydrogen-bond acceptors (Lipinski definition) is 3. The fourth-order valence-electron chi connectivity index (χ4n) is 3.60. The monoisotopic (exact) mass is 295 g/mol. The molecule has 120 valence electrons. The summed E-state index contributed by atoms with van der Waals surface area (Å²) >= 11 is 0. The lowest BCUT2D eigenvalue weighted by Crippen LogP contribution is -2.71. The summed E-state index contributed by atoms with van der Waals surface area (Å²) < 4.78 is 0. The van der Waals surface area contributed by atoms with Crippen molar-refractivity contribution >= 4 is 11.8 Å². The topological polar surface area (TPSA) is 52.6 Å². The summed E-state index contributed by atoms with van der Waals surface area (Å²) in [6.45, 7) is 4.83. The van der Waals surface area contributed by atoms with Crippen molar-refractivity contribution in [1.82, 2.24) is 15.1 Å². The van der Waals surface area contributed by atoms with E-state index >= 15 is 0 Å². The van der Waals surface area contributed by atoms with Crippen LogP contribution in [0.15, 0.2) is 0 Å². The lowest BCUT2D eigenvalue weighted by Gasteiger charge is -2.49. The third-order valence-electron chi connectivity index (χ3n) is 4.98. The molecule has 5 nitrogen and oxygen atoms in total. The number of nitrogens with zero attached hydrogens (tertiary/aromatic N) is 2. The summed E-state index contributed by atoms with van der Waals surface area (Å²) in [4.78, 5) is 29.4. The Morgan fingerprint density at radius 1 is 1.29 bits per heavy atom. The second-order valence-electron chi connectivity index (χ2n) is 6.96. The van der Waals surface area contributed by atoms with Crippen LogP contribution < -0.4 is 5.32 Å². The molecule has 2 aliphatic rings. The highest BCUT2D eigenvalue weighted by Gasteiger charge is 2.50. The van der Waals surface area contributed by atoms with Crippen LogP contribution in [0.1, 0.15) is 52.4 Å². The maximum atomic E-state index is 13.0. The van der Waals surface area contributed by atoms with Crippen molar-refractivity contribution in [2.24, 2.45) is 0 Å². The molecule has 5 heteroatoms. The van der Waals surface area contributed by atoms with E-state index in [1.165, 1.54) is 0 Å². The number of rotatable bonds is 4. The van der Waals surface area contributed by atoms with Crippen LogP contribution in [0.2, 0.25) is 0 Å². The molecule has 2 rings (SSSR count). The molecule has 0 radical (unpaired) electrons. The third kappa shape index (κ3) is 3.23. The van der Waals surface area contributed by atoms with Crippen LogP contribution in [0.3, 0.4) is 0 Å². The van der Waals surface area contributed by atoms with Crippen molar-refractivity contribution in [3.8, 4) is 0 Å². The van der Waals surface area contributed by atoms with Crippen LogP contribution >= 0.6 is 0 Å². The molecule has 21 heavy (non-hydrogen) atoms. The molecule has 2 atom stereocenters. The molecule has 1 N–H and O–H groups in total. The summed E-state index contributed by atoms with van der Waals surface area (Å²) in [5, 5.41) is 3.04. The zero-order valence-electron chi connectivity index (χ0n) is 13.8. The average molecular weight is 295 g/mol. The van der Waals surface area contributed by atoms with Crippen LogP contribution in [-0.4, -0.2) is 59.9 Å². The minimum Gasteiger partial charge on any atom is -0.340 e. The van der Waals surface area contributed by atoms with E-state index in [1.54, 1.807) is 0 Å². The second kappa shape index (κ2) is 6.34. The van der Waals surface area contributed by atoms with Gasteiger partial charge in [0.25, 0.3) is 0 Å². The molecule has 0 aromatic rings. The predicted octanol–water partition coefficient (Wildman–Crippen LogP) is 1.38. The predicted molar refractivity (Wildman–Crippen MR) is 82.9 cm³/mol. The van der Waals surface area contributed by atoms with Crippen molar-refractivity contribution in [3.05, 3.63) is 0 Å². The molecular formula is C16H29N3O2. The van der Waals surface area contributed by atoms with Gasteiger partial charge in [0.05, 0.1) is 0 Å². The van der Waals surface area contributed by atoms with E-state index in [2.05, 4.69) is 17.1 Å². The van der Waals surface area contributed by atoms with Gasteiger partial charge in [-0.2, -0.15) is 0 Å². The molecule has 1 heterocycles. The Bertz CT molecular complexity index is 402. The Kier molecular flexibility index (Phi) is 4.91. The maximum Gasteiger partial charge on any atom is 0.249 e. The van der Waals surface area contributed by atoms with Crippen LogP contribution in [-0.2, 0) is 9.59 Å². The van der Waals surface area contributed by atoms with Crippen LogP contribution in [0.4, 0.5) is 0 Å². The number of carbonyl (C=O) groups excluding carboxylic acids is 2. The molecular weight excluding hydrogens is 266 g/mol. The first-order valence-corrected chi connectivity index (χ1v) is 8.17. The van der Waals surface area contributed by atoms with Crippen molar-refractivity contribution < 1.29 is 9.59 Å². The smallest absolute Gasteiger partial charge is 0.249 e. The number of nitrogens with one attached hydrogen (secondary N) is 1. The van der Waals surface area contributed by atoms with Crippen LogP contribution in [0.5, 0.6) is 0 Å². The number of carbonyl (C=O) groups is 2. The van der Waals surface area contributed by atoms with Gasteiger partial charge >= 0.3 is 0 Å². The van der Waals surface area contributed by atoms with E-state index in [9.17, 15) is 9.59 Å². The van der Waals surface area contributed by atoms with Crippen molar-refractivity contribution in [3.63, 3.8) is 0 Å². The van der Waals surface area contributed by atoms with E-state index in [0.717, 1.165) is 45.1 Å². The summed E-state index contributed by atoms with van der Waals surface area (Å²) in [6, 6.07) is -0.262. The SMILES string of the molecule is CC(CCN(C)C)N1C(=O)C2(CCCCC2)NC(=O)C1C. The quantitative estimate of drug-likeness (QED) is 0.852. The maximum absolute atomic E-state index is 13.0. The molecule has 2 unspecified atom stereocenters. The van der Waals surface area contributed by atoms with E-state index in [0.29, 0.717) is 0 Å². The number of hydrogen-bond donors (Lipinski definition) is 1. The molecule has 0 bridgehead atoms. The van der Waals surface area contributed by atoms with Crippen molar-refractivity contribution in [2.75, 3.05) is 20.6 Å². The summed E-state index contributed by atoms with van der Waals surface area (Å²) in [7, 11) is 4.06. The molecule has 1 saturated carbocycles. The highest BCUT2D eigenvalue weighted by Crippen LogP contribution is 2.34. The van der Waals surface area contributed by atoms with Gasteiger partial charge in [-0.15, -0.1) is 0 Å². The van der Waals surface area contributed by atoms with E-state index in [4.69, 9.17) is 0 Å². The van der Waals surface area contributed by atoms with Gasteiger partial charge in [-0.25, -0.2) is 0 Å².